The van der Waals surface area contributed by atoms with E-state index in [1.807, 2.05) is 7.05 Å². The Morgan fingerprint density at radius 3 is 2.62 bits per heavy atom. The topological polar surface area (TPSA) is 41.6 Å². The summed E-state index contributed by atoms with van der Waals surface area (Å²) in [5.74, 6) is -0.0559. The first-order valence-electron chi connectivity index (χ1n) is 4.53. The average Bonchev–Trinajstić information content (AvgIpc) is 2.04. The van der Waals surface area contributed by atoms with Gasteiger partial charge in [-0.05, 0) is 20.9 Å². The van der Waals surface area contributed by atoms with Gasteiger partial charge >= 0.3 is 0 Å². The molecule has 0 aromatic rings. The predicted octanol–water partition coefficient (Wildman–Crippen LogP) is 0.0892. The van der Waals surface area contributed by atoms with Crippen LogP contribution in [0.3, 0.4) is 0 Å². The van der Waals surface area contributed by atoms with E-state index in [0.717, 1.165) is 6.54 Å². The predicted molar refractivity (Wildman–Crippen MR) is 52.7 cm³/mol. The third kappa shape index (κ3) is 6.54. The second-order valence-electron chi connectivity index (χ2n) is 3.36. The van der Waals surface area contributed by atoms with Crippen LogP contribution in [0.5, 0.6) is 0 Å². The summed E-state index contributed by atoms with van der Waals surface area (Å²) in [6.07, 6.45) is 0. The molecule has 1 N–H and O–H groups in total. The van der Waals surface area contributed by atoms with Crippen LogP contribution in [-0.4, -0.2) is 50.7 Å². The second-order valence-corrected chi connectivity index (χ2v) is 3.36. The SMILES string of the molecule is COCC(=O)NCCN(C)C(C)C. The summed E-state index contributed by atoms with van der Waals surface area (Å²) in [6.45, 7) is 5.93. The second kappa shape index (κ2) is 6.86. The van der Waals surface area contributed by atoms with Crippen LogP contribution in [0.4, 0.5) is 0 Å². The molecular weight excluding hydrogens is 168 g/mol. The number of rotatable bonds is 6. The minimum absolute atomic E-state index is 0.0559. The van der Waals surface area contributed by atoms with Crippen molar-refractivity contribution in [2.75, 3.05) is 33.9 Å². The Labute approximate surface area is 80.2 Å². The van der Waals surface area contributed by atoms with E-state index in [1.165, 1.54) is 7.11 Å². The summed E-state index contributed by atoms with van der Waals surface area (Å²) in [7, 11) is 3.55. The minimum atomic E-state index is -0.0559. The first-order chi connectivity index (χ1) is 6.07. The van der Waals surface area contributed by atoms with Crippen LogP contribution < -0.4 is 5.32 Å². The lowest BCUT2D eigenvalue weighted by molar-refractivity contribution is -0.124. The van der Waals surface area contributed by atoms with E-state index in [9.17, 15) is 4.79 Å². The molecule has 0 radical (unpaired) electrons. The summed E-state index contributed by atoms with van der Waals surface area (Å²) in [5, 5.41) is 2.76. The minimum Gasteiger partial charge on any atom is -0.375 e. The lowest BCUT2D eigenvalue weighted by Crippen LogP contribution is -2.37. The number of nitrogens with one attached hydrogen (secondary N) is 1. The van der Waals surface area contributed by atoms with Gasteiger partial charge in [0.25, 0.3) is 0 Å². The highest BCUT2D eigenvalue weighted by Crippen LogP contribution is 1.90. The molecule has 0 aliphatic rings. The standard InChI is InChI=1S/C9H20N2O2/c1-8(2)11(3)6-5-10-9(12)7-13-4/h8H,5-7H2,1-4H3,(H,10,12). The molecule has 4 heteroatoms. The highest BCUT2D eigenvalue weighted by Gasteiger charge is 2.03. The van der Waals surface area contributed by atoms with E-state index in [0.29, 0.717) is 12.6 Å². The molecule has 0 saturated carbocycles. The summed E-state index contributed by atoms with van der Waals surface area (Å²) < 4.78 is 4.68. The number of carbonyl (C=O) groups is 1. The molecule has 0 heterocycles. The molecule has 78 valence electrons. The fourth-order valence-corrected chi connectivity index (χ4v) is 0.812. The average molecular weight is 188 g/mol. The molecule has 1 amide bonds. The number of nitrogens with zero attached hydrogens (tertiary/aromatic N) is 1. The number of methoxy groups -OCH3 is 1. The highest BCUT2D eigenvalue weighted by atomic mass is 16.5. The van der Waals surface area contributed by atoms with Gasteiger partial charge < -0.3 is 15.0 Å². The number of hydrogen-bond donors (Lipinski definition) is 1. The lowest BCUT2D eigenvalue weighted by atomic mass is 10.3. The normalized spacial score (nSPS) is 10.9. The van der Waals surface area contributed by atoms with Gasteiger partial charge in [0.2, 0.25) is 5.91 Å². The number of likely N-dealkylation sites (N-methyl/N-ethyl adjacent to an activating group) is 1. The van der Waals surface area contributed by atoms with Crippen molar-refractivity contribution in [3.05, 3.63) is 0 Å². The molecular formula is C9H20N2O2. The molecule has 0 aromatic heterocycles. The van der Waals surface area contributed by atoms with Crippen molar-refractivity contribution in [3.8, 4) is 0 Å². The third-order valence-corrected chi connectivity index (χ3v) is 1.94. The van der Waals surface area contributed by atoms with E-state index in [-0.39, 0.29) is 12.5 Å². The van der Waals surface area contributed by atoms with Crippen molar-refractivity contribution < 1.29 is 9.53 Å². The zero-order chi connectivity index (χ0) is 10.3. The van der Waals surface area contributed by atoms with Gasteiger partial charge in [-0.1, -0.05) is 0 Å². The van der Waals surface area contributed by atoms with Crippen molar-refractivity contribution >= 4 is 5.91 Å². The zero-order valence-corrected chi connectivity index (χ0v) is 8.96. The molecule has 0 bridgehead atoms. The van der Waals surface area contributed by atoms with E-state index >= 15 is 0 Å². The molecule has 0 atom stereocenters. The van der Waals surface area contributed by atoms with Gasteiger partial charge in [-0.25, -0.2) is 0 Å². The van der Waals surface area contributed by atoms with Crippen molar-refractivity contribution in [3.63, 3.8) is 0 Å². The summed E-state index contributed by atoms with van der Waals surface area (Å²) in [6, 6.07) is 0.513. The molecule has 0 unspecified atom stereocenters. The van der Waals surface area contributed by atoms with Crippen LogP contribution >= 0.6 is 0 Å². The van der Waals surface area contributed by atoms with Crippen molar-refractivity contribution in [1.29, 1.82) is 0 Å². The Balaban J connectivity index is 3.39. The largest absolute Gasteiger partial charge is 0.375 e. The molecule has 0 aliphatic heterocycles. The maximum Gasteiger partial charge on any atom is 0.246 e. The Morgan fingerprint density at radius 2 is 2.15 bits per heavy atom. The van der Waals surface area contributed by atoms with Crippen LogP contribution in [0.25, 0.3) is 0 Å². The molecule has 0 aliphatic carbocycles. The molecule has 0 aromatic carbocycles. The summed E-state index contributed by atoms with van der Waals surface area (Å²) in [5.41, 5.74) is 0. The molecule has 0 fully saturated rings. The fraction of sp³-hybridized carbons (Fsp3) is 0.889. The maximum absolute atomic E-state index is 10.9. The van der Waals surface area contributed by atoms with Crippen molar-refractivity contribution in [2.45, 2.75) is 19.9 Å². The molecule has 0 rings (SSSR count). The zero-order valence-electron chi connectivity index (χ0n) is 8.96. The molecule has 4 nitrogen and oxygen atoms in total. The Bertz CT molecular complexity index is 149. The van der Waals surface area contributed by atoms with Gasteiger partial charge in [-0.15, -0.1) is 0 Å². The lowest BCUT2D eigenvalue weighted by Gasteiger charge is -2.20. The molecule has 0 saturated heterocycles. The van der Waals surface area contributed by atoms with Crippen LogP contribution in [0, 0.1) is 0 Å². The van der Waals surface area contributed by atoms with Crippen LogP contribution in [-0.2, 0) is 9.53 Å². The fourth-order valence-electron chi connectivity index (χ4n) is 0.812. The Morgan fingerprint density at radius 1 is 1.54 bits per heavy atom. The Hall–Kier alpha value is -0.610. The van der Waals surface area contributed by atoms with Gasteiger partial charge in [0.05, 0.1) is 0 Å². The van der Waals surface area contributed by atoms with Gasteiger partial charge in [0.15, 0.2) is 0 Å². The van der Waals surface area contributed by atoms with Crippen LogP contribution in [0.2, 0.25) is 0 Å². The van der Waals surface area contributed by atoms with E-state index in [4.69, 9.17) is 0 Å². The van der Waals surface area contributed by atoms with Gasteiger partial charge in [0.1, 0.15) is 6.61 Å². The highest BCUT2D eigenvalue weighted by molar-refractivity contribution is 5.77. The van der Waals surface area contributed by atoms with Gasteiger partial charge in [-0.3, -0.25) is 4.79 Å². The third-order valence-electron chi connectivity index (χ3n) is 1.94. The van der Waals surface area contributed by atoms with Gasteiger partial charge in [-0.2, -0.15) is 0 Å². The van der Waals surface area contributed by atoms with Gasteiger partial charge in [0, 0.05) is 26.2 Å². The van der Waals surface area contributed by atoms with E-state index in [1.54, 1.807) is 0 Å². The number of ether oxygens (including phenoxy) is 1. The monoisotopic (exact) mass is 188 g/mol. The van der Waals surface area contributed by atoms with Crippen LogP contribution in [0.1, 0.15) is 13.8 Å². The Kier molecular flexibility index (Phi) is 6.54. The molecule has 0 spiro atoms. The first kappa shape index (κ1) is 12.4. The first-order valence-corrected chi connectivity index (χ1v) is 4.53. The molecule has 13 heavy (non-hydrogen) atoms. The number of carbonyl (C=O) groups excluding carboxylic acids is 1. The van der Waals surface area contributed by atoms with E-state index < -0.39 is 0 Å². The van der Waals surface area contributed by atoms with E-state index in [2.05, 4.69) is 28.8 Å². The van der Waals surface area contributed by atoms with Crippen LogP contribution in [0.15, 0.2) is 0 Å². The number of hydrogen-bond acceptors (Lipinski definition) is 3. The van der Waals surface area contributed by atoms with Crippen molar-refractivity contribution in [1.82, 2.24) is 10.2 Å². The summed E-state index contributed by atoms with van der Waals surface area (Å²) >= 11 is 0. The quantitative estimate of drug-likeness (QED) is 0.642. The summed E-state index contributed by atoms with van der Waals surface area (Å²) in [4.78, 5) is 13.1. The van der Waals surface area contributed by atoms with Crippen molar-refractivity contribution in [2.24, 2.45) is 0 Å². The maximum atomic E-state index is 10.9. The smallest absolute Gasteiger partial charge is 0.246 e. The number of amides is 1.